The van der Waals surface area contributed by atoms with E-state index in [1.165, 1.54) is 32.1 Å². The highest BCUT2D eigenvalue weighted by atomic mass is 35.5. The SMILES string of the molecule is CCc1c(Cl)ncnc1N(C)C1CCCCC1. The Bertz CT molecular complexity index is 375. The molecule has 0 aliphatic heterocycles. The molecule has 1 saturated carbocycles. The van der Waals surface area contributed by atoms with Gasteiger partial charge in [-0.05, 0) is 19.3 Å². The molecule has 0 radical (unpaired) electrons. The van der Waals surface area contributed by atoms with E-state index < -0.39 is 0 Å². The molecule has 0 unspecified atom stereocenters. The predicted molar refractivity (Wildman–Crippen MR) is 71.7 cm³/mol. The highest BCUT2D eigenvalue weighted by Gasteiger charge is 2.21. The number of hydrogen-bond donors (Lipinski definition) is 0. The summed E-state index contributed by atoms with van der Waals surface area (Å²) in [6, 6.07) is 0.611. The van der Waals surface area contributed by atoms with Crippen molar-refractivity contribution in [2.75, 3.05) is 11.9 Å². The Kier molecular flexibility index (Phi) is 4.21. The van der Waals surface area contributed by atoms with Gasteiger partial charge in [0.1, 0.15) is 17.3 Å². The van der Waals surface area contributed by atoms with Gasteiger partial charge in [0, 0.05) is 18.7 Å². The van der Waals surface area contributed by atoms with Gasteiger partial charge >= 0.3 is 0 Å². The monoisotopic (exact) mass is 253 g/mol. The summed E-state index contributed by atoms with van der Waals surface area (Å²) in [5, 5.41) is 0.597. The maximum absolute atomic E-state index is 6.13. The molecule has 1 heterocycles. The fourth-order valence-electron chi connectivity index (χ4n) is 2.63. The summed E-state index contributed by atoms with van der Waals surface area (Å²) in [5.41, 5.74) is 1.07. The molecule has 0 saturated heterocycles. The lowest BCUT2D eigenvalue weighted by atomic mass is 9.94. The van der Waals surface area contributed by atoms with Crippen molar-refractivity contribution >= 4 is 17.4 Å². The maximum atomic E-state index is 6.13. The molecule has 17 heavy (non-hydrogen) atoms. The van der Waals surface area contributed by atoms with Crippen LogP contribution in [-0.2, 0) is 6.42 Å². The molecule has 3 nitrogen and oxygen atoms in total. The molecule has 0 amide bonds. The van der Waals surface area contributed by atoms with Crippen LogP contribution in [-0.4, -0.2) is 23.1 Å². The van der Waals surface area contributed by atoms with Crippen molar-refractivity contribution in [3.8, 4) is 0 Å². The van der Waals surface area contributed by atoms with Gasteiger partial charge in [0.15, 0.2) is 0 Å². The van der Waals surface area contributed by atoms with E-state index in [2.05, 4.69) is 28.8 Å². The van der Waals surface area contributed by atoms with Gasteiger partial charge in [-0.3, -0.25) is 0 Å². The molecule has 1 aromatic rings. The highest BCUT2D eigenvalue weighted by Crippen LogP contribution is 2.29. The second-order valence-corrected chi connectivity index (χ2v) is 5.08. The summed E-state index contributed by atoms with van der Waals surface area (Å²) in [6.07, 6.45) is 9.00. The third-order valence-electron chi connectivity index (χ3n) is 3.68. The Morgan fingerprint density at radius 3 is 2.65 bits per heavy atom. The van der Waals surface area contributed by atoms with Crippen LogP contribution in [0, 0.1) is 0 Å². The van der Waals surface area contributed by atoms with Gasteiger partial charge in [-0.15, -0.1) is 0 Å². The summed E-state index contributed by atoms with van der Waals surface area (Å²) in [7, 11) is 2.13. The van der Waals surface area contributed by atoms with Crippen molar-refractivity contribution in [2.24, 2.45) is 0 Å². The lowest BCUT2D eigenvalue weighted by Gasteiger charge is -2.33. The third-order valence-corrected chi connectivity index (χ3v) is 4.01. The van der Waals surface area contributed by atoms with Crippen LogP contribution in [0.1, 0.15) is 44.6 Å². The molecule has 0 bridgehead atoms. The highest BCUT2D eigenvalue weighted by molar-refractivity contribution is 6.30. The van der Waals surface area contributed by atoms with Crippen molar-refractivity contribution < 1.29 is 0 Å². The van der Waals surface area contributed by atoms with Crippen LogP contribution in [0.2, 0.25) is 5.15 Å². The first kappa shape index (κ1) is 12.6. The van der Waals surface area contributed by atoms with E-state index in [-0.39, 0.29) is 0 Å². The van der Waals surface area contributed by atoms with Crippen molar-refractivity contribution in [2.45, 2.75) is 51.5 Å². The Morgan fingerprint density at radius 2 is 2.00 bits per heavy atom. The number of hydrogen-bond acceptors (Lipinski definition) is 3. The fraction of sp³-hybridized carbons (Fsp3) is 0.692. The normalized spacial score (nSPS) is 17.1. The van der Waals surface area contributed by atoms with E-state index in [9.17, 15) is 0 Å². The molecule has 1 aromatic heterocycles. The zero-order valence-electron chi connectivity index (χ0n) is 10.6. The van der Waals surface area contributed by atoms with Gasteiger partial charge in [0.25, 0.3) is 0 Å². The second kappa shape index (κ2) is 5.67. The smallest absolute Gasteiger partial charge is 0.137 e. The topological polar surface area (TPSA) is 29.0 Å². The van der Waals surface area contributed by atoms with E-state index in [1.54, 1.807) is 6.33 Å². The minimum atomic E-state index is 0.597. The summed E-state index contributed by atoms with van der Waals surface area (Å²) >= 11 is 6.13. The lowest BCUT2D eigenvalue weighted by Crippen LogP contribution is -2.34. The molecular weight excluding hydrogens is 234 g/mol. The Hall–Kier alpha value is -0.830. The Morgan fingerprint density at radius 1 is 1.29 bits per heavy atom. The minimum Gasteiger partial charge on any atom is -0.356 e. The largest absolute Gasteiger partial charge is 0.356 e. The molecular formula is C13H20ClN3. The third kappa shape index (κ3) is 2.71. The summed E-state index contributed by atoms with van der Waals surface area (Å²) in [4.78, 5) is 10.8. The molecule has 0 atom stereocenters. The first-order chi connectivity index (χ1) is 8.24. The average molecular weight is 254 g/mol. The van der Waals surface area contributed by atoms with Gasteiger partial charge in [-0.2, -0.15) is 0 Å². The summed E-state index contributed by atoms with van der Waals surface area (Å²) < 4.78 is 0. The number of anilines is 1. The quantitative estimate of drug-likeness (QED) is 0.773. The predicted octanol–water partition coefficient (Wildman–Crippen LogP) is 3.46. The van der Waals surface area contributed by atoms with Gasteiger partial charge in [-0.25, -0.2) is 9.97 Å². The number of nitrogens with zero attached hydrogens (tertiary/aromatic N) is 3. The minimum absolute atomic E-state index is 0.597. The van der Waals surface area contributed by atoms with Gasteiger partial charge in [-0.1, -0.05) is 37.8 Å². The standard InChI is InChI=1S/C13H20ClN3/c1-3-11-12(14)15-9-16-13(11)17(2)10-7-5-4-6-8-10/h9-10H,3-8H2,1-2H3. The van der Waals surface area contributed by atoms with Crippen LogP contribution in [0.3, 0.4) is 0 Å². The van der Waals surface area contributed by atoms with Crippen LogP contribution in [0.15, 0.2) is 6.33 Å². The molecule has 94 valence electrons. The Balaban J connectivity index is 2.23. The van der Waals surface area contributed by atoms with E-state index in [4.69, 9.17) is 11.6 Å². The average Bonchev–Trinajstić information content (AvgIpc) is 2.38. The first-order valence-electron chi connectivity index (χ1n) is 6.46. The van der Waals surface area contributed by atoms with E-state index >= 15 is 0 Å². The molecule has 0 spiro atoms. The molecule has 1 aliphatic rings. The number of halogens is 1. The zero-order valence-corrected chi connectivity index (χ0v) is 11.4. The maximum Gasteiger partial charge on any atom is 0.137 e. The molecule has 0 aromatic carbocycles. The van der Waals surface area contributed by atoms with E-state index in [0.717, 1.165) is 17.8 Å². The summed E-state index contributed by atoms with van der Waals surface area (Å²) in [6.45, 7) is 2.10. The van der Waals surface area contributed by atoms with Crippen molar-refractivity contribution in [3.05, 3.63) is 17.0 Å². The van der Waals surface area contributed by atoms with Gasteiger partial charge in [0.05, 0.1) is 0 Å². The first-order valence-corrected chi connectivity index (χ1v) is 6.84. The van der Waals surface area contributed by atoms with Crippen molar-refractivity contribution in [1.82, 2.24) is 9.97 Å². The van der Waals surface area contributed by atoms with E-state index in [1.807, 2.05) is 0 Å². The van der Waals surface area contributed by atoms with Crippen LogP contribution >= 0.6 is 11.6 Å². The fourth-order valence-corrected chi connectivity index (χ4v) is 2.89. The molecule has 0 N–H and O–H groups in total. The molecule has 1 fully saturated rings. The van der Waals surface area contributed by atoms with E-state index in [0.29, 0.717) is 11.2 Å². The van der Waals surface area contributed by atoms with Gasteiger partial charge < -0.3 is 4.90 Å². The van der Waals surface area contributed by atoms with Crippen molar-refractivity contribution in [1.29, 1.82) is 0 Å². The second-order valence-electron chi connectivity index (χ2n) is 4.72. The zero-order chi connectivity index (χ0) is 12.3. The number of rotatable bonds is 3. The van der Waals surface area contributed by atoms with Crippen LogP contribution < -0.4 is 4.90 Å². The molecule has 2 rings (SSSR count). The van der Waals surface area contributed by atoms with Crippen molar-refractivity contribution in [3.63, 3.8) is 0 Å². The van der Waals surface area contributed by atoms with Crippen LogP contribution in [0.25, 0.3) is 0 Å². The molecule has 4 heteroatoms. The van der Waals surface area contributed by atoms with Crippen LogP contribution in [0.5, 0.6) is 0 Å². The van der Waals surface area contributed by atoms with Crippen LogP contribution in [0.4, 0.5) is 5.82 Å². The number of aromatic nitrogens is 2. The summed E-state index contributed by atoms with van der Waals surface area (Å²) in [5.74, 6) is 1.01. The van der Waals surface area contributed by atoms with Gasteiger partial charge in [0.2, 0.25) is 0 Å². The lowest BCUT2D eigenvalue weighted by molar-refractivity contribution is 0.425. The molecule has 1 aliphatic carbocycles. The Labute approximate surface area is 108 Å².